The number of hydrogen-bond donors (Lipinski definition) is 1. The smallest absolute Gasteiger partial charge is 0.0328 e. The van der Waals surface area contributed by atoms with Crippen molar-refractivity contribution in [3.05, 3.63) is 23.4 Å². The zero-order valence-corrected chi connectivity index (χ0v) is 13.0. The van der Waals surface area contributed by atoms with Crippen molar-refractivity contribution >= 4 is 0 Å². The minimum atomic E-state index is 1.09. The van der Waals surface area contributed by atoms with Gasteiger partial charge in [0.2, 0.25) is 0 Å². The first kappa shape index (κ1) is 17.3. The maximum absolute atomic E-state index is 3.61. The number of unbranched alkanes of at least 4 members (excludes halogenated alkanes) is 2. The van der Waals surface area contributed by atoms with E-state index in [2.05, 4.69) is 45.2 Å². The molecule has 0 aromatic heterocycles. The zero-order chi connectivity index (χ0) is 13.6. The standard InChI is InChI=1S/C17H33N/c1-5-9-11-14-17(18-15-8-4)16(12-7-3)13-10-6-2/h11,14,18H,5-10,12-13,15H2,1-4H3/b14-11-,17-16-. The Morgan fingerprint density at radius 1 is 0.889 bits per heavy atom. The lowest BCUT2D eigenvalue weighted by atomic mass is 10.0. The van der Waals surface area contributed by atoms with E-state index in [-0.39, 0.29) is 0 Å². The van der Waals surface area contributed by atoms with Crippen LogP contribution in [0.3, 0.4) is 0 Å². The molecule has 0 bridgehead atoms. The Labute approximate surface area is 115 Å². The molecule has 1 nitrogen and oxygen atoms in total. The third kappa shape index (κ3) is 8.38. The van der Waals surface area contributed by atoms with E-state index in [4.69, 9.17) is 0 Å². The second-order valence-electron chi connectivity index (χ2n) is 4.99. The van der Waals surface area contributed by atoms with Crippen LogP contribution in [0.15, 0.2) is 23.4 Å². The average molecular weight is 251 g/mol. The number of allylic oxidation sites excluding steroid dienone is 3. The van der Waals surface area contributed by atoms with Crippen LogP contribution in [0, 0.1) is 0 Å². The van der Waals surface area contributed by atoms with Crippen LogP contribution in [0.1, 0.15) is 79.1 Å². The monoisotopic (exact) mass is 251 g/mol. The summed E-state index contributed by atoms with van der Waals surface area (Å²) in [5.41, 5.74) is 3.03. The Hall–Kier alpha value is -0.720. The van der Waals surface area contributed by atoms with Gasteiger partial charge in [-0.3, -0.25) is 0 Å². The molecular formula is C17H33N. The summed E-state index contributed by atoms with van der Waals surface area (Å²) in [6, 6.07) is 0. The molecule has 0 unspecified atom stereocenters. The lowest BCUT2D eigenvalue weighted by Crippen LogP contribution is -2.15. The summed E-state index contributed by atoms with van der Waals surface area (Å²) >= 11 is 0. The summed E-state index contributed by atoms with van der Waals surface area (Å²) < 4.78 is 0. The van der Waals surface area contributed by atoms with Crippen molar-refractivity contribution < 1.29 is 0 Å². The van der Waals surface area contributed by atoms with Crippen LogP contribution in [0.5, 0.6) is 0 Å². The van der Waals surface area contributed by atoms with Crippen LogP contribution >= 0.6 is 0 Å². The minimum absolute atomic E-state index is 1.09. The lowest BCUT2D eigenvalue weighted by molar-refractivity contribution is 0.705. The van der Waals surface area contributed by atoms with Gasteiger partial charge < -0.3 is 5.32 Å². The van der Waals surface area contributed by atoms with E-state index in [1.165, 1.54) is 57.1 Å². The summed E-state index contributed by atoms with van der Waals surface area (Å²) in [6.45, 7) is 10.1. The molecule has 106 valence electrons. The summed E-state index contributed by atoms with van der Waals surface area (Å²) in [7, 11) is 0. The van der Waals surface area contributed by atoms with Crippen molar-refractivity contribution in [2.75, 3.05) is 6.54 Å². The zero-order valence-electron chi connectivity index (χ0n) is 13.0. The van der Waals surface area contributed by atoms with Gasteiger partial charge in [0.25, 0.3) is 0 Å². The third-order valence-electron chi connectivity index (χ3n) is 3.07. The molecule has 0 amide bonds. The Bertz CT molecular complexity index is 238. The Balaban J connectivity index is 4.74. The van der Waals surface area contributed by atoms with E-state index in [1.807, 2.05) is 0 Å². The Kier molecular flexibility index (Phi) is 12.2. The highest BCUT2D eigenvalue weighted by molar-refractivity contribution is 5.24. The van der Waals surface area contributed by atoms with Crippen molar-refractivity contribution in [1.29, 1.82) is 0 Å². The fourth-order valence-corrected chi connectivity index (χ4v) is 2.02. The predicted molar refractivity (Wildman–Crippen MR) is 83.8 cm³/mol. The Morgan fingerprint density at radius 3 is 2.22 bits per heavy atom. The minimum Gasteiger partial charge on any atom is -0.385 e. The van der Waals surface area contributed by atoms with Crippen molar-refractivity contribution in [3.63, 3.8) is 0 Å². The highest BCUT2D eigenvalue weighted by Crippen LogP contribution is 2.18. The third-order valence-corrected chi connectivity index (χ3v) is 3.07. The largest absolute Gasteiger partial charge is 0.385 e. The molecule has 18 heavy (non-hydrogen) atoms. The van der Waals surface area contributed by atoms with Crippen LogP contribution in [0.2, 0.25) is 0 Å². The van der Waals surface area contributed by atoms with E-state index in [9.17, 15) is 0 Å². The van der Waals surface area contributed by atoms with Gasteiger partial charge in [0, 0.05) is 12.2 Å². The van der Waals surface area contributed by atoms with E-state index < -0.39 is 0 Å². The fraction of sp³-hybridized carbons (Fsp3) is 0.765. The van der Waals surface area contributed by atoms with Gasteiger partial charge in [0.05, 0.1) is 0 Å². The van der Waals surface area contributed by atoms with Gasteiger partial charge in [-0.1, -0.05) is 53.0 Å². The molecule has 0 rings (SSSR count). The lowest BCUT2D eigenvalue weighted by Gasteiger charge is -2.14. The van der Waals surface area contributed by atoms with Crippen LogP contribution < -0.4 is 5.32 Å². The van der Waals surface area contributed by atoms with Crippen LogP contribution in [-0.4, -0.2) is 6.54 Å². The SMILES string of the molecule is CCC/C=C\C(NCCC)=C(/CCC)CCCC. The first-order valence-electron chi connectivity index (χ1n) is 7.92. The second-order valence-corrected chi connectivity index (χ2v) is 4.99. The van der Waals surface area contributed by atoms with Crippen molar-refractivity contribution in [2.45, 2.75) is 79.1 Å². The molecule has 0 aromatic carbocycles. The maximum atomic E-state index is 3.61. The highest BCUT2D eigenvalue weighted by atomic mass is 14.9. The Morgan fingerprint density at radius 2 is 1.67 bits per heavy atom. The molecule has 1 heteroatoms. The average Bonchev–Trinajstić information content (AvgIpc) is 2.39. The van der Waals surface area contributed by atoms with Crippen molar-refractivity contribution in [2.24, 2.45) is 0 Å². The van der Waals surface area contributed by atoms with Gasteiger partial charge in [-0.2, -0.15) is 0 Å². The van der Waals surface area contributed by atoms with Gasteiger partial charge >= 0.3 is 0 Å². The summed E-state index contributed by atoms with van der Waals surface area (Å²) in [5.74, 6) is 0. The molecule has 0 saturated heterocycles. The van der Waals surface area contributed by atoms with Crippen LogP contribution in [0.4, 0.5) is 0 Å². The molecule has 0 heterocycles. The van der Waals surface area contributed by atoms with Gasteiger partial charge in [-0.05, 0) is 43.8 Å². The molecule has 0 aromatic rings. The normalized spacial score (nSPS) is 12.9. The van der Waals surface area contributed by atoms with Crippen LogP contribution in [-0.2, 0) is 0 Å². The van der Waals surface area contributed by atoms with Gasteiger partial charge in [-0.25, -0.2) is 0 Å². The summed E-state index contributed by atoms with van der Waals surface area (Å²) in [6.07, 6.45) is 14.6. The number of nitrogens with one attached hydrogen (secondary N) is 1. The first-order chi connectivity index (χ1) is 8.79. The molecule has 0 spiro atoms. The van der Waals surface area contributed by atoms with Crippen molar-refractivity contribution in [3.8, 4) is 0 Å². The molecule has 0 fully saturated rings. The molecule has 0 radical (unpaired) electrons. The van der Waals surface area contributed by atoms with Crippen LogP contribution in [0.25, 0.3) is 0 Å². The van der Waals surface area contributed by atoms with Gasteiger partial charge in [-0.15, -0.1) is 0 Å². The van der Waals surface area contributed by atoms with E-state index in [0.717, 1.165) is 6.54 Å². The van der Waals surface area contributed by atoms with E-state index >= 15 is 0 Å². The van der Waals surface area contributed by atoms with Crippen molar-refractivity contribution in [1.82, 2.24) is 5.32 Å². The number of hydrogen-bond acceptors (Lipinski definition) is 1. The van der Waals surface area contributed by atoms with Gasteiger partial charge in [0.15, 0.2) is 0 Å². The topological polar surface area (TPSA) is 12.0 Å². The van der Waals surface area contributed by atoms with E-state index in [0.29, 0.717) is 0 Å². The molecule has 0 aliphatic carbocycles. The first-order valence-corrected chi connectivity index (χ1v) is 7.92. The maximum Gasteiger partial charge on any atom is 0.0328 e. The molecule has 0 atom stereocenters. The van der Waals surface area contributed by atoms with Gasteiger partial charge in [0.1, 0.15) is 0 Å². The molecule has 0 saturated carbocycles. The quantitative estimate of drug-likeness (QED) is 0.472. The summed E-state index contributed by atoms with van der Waals surface area (Å²) in [5, 5.41) is 3.61. The fourth-order valence-electron chi connectivity index (χ4n) is 2.02. The highest BCUT2D eigenvalue weighted by Gasteiger charge is 2.03. The van der Waals surface area contributed by atoms with E-state index in [1.54, 1.807) is 5.57 Å². The number of rotatable bonds is 11. The molecule has 0 aliphatic rings. The predicted octanol–water partition coefficient (Wildman–Crippen LogP) is 5.59. The molecular weight excluding hydrogens is 218 g/mol. The molecule has 1 N–H and O–H groups in total. The summed E-state index contributed by atoms with van der Waals surface area (Å²) in [4.78, 5) is 0. The second kappa shape index (κ2) is 12.7. The molecule has 0 aliphatic heterocycles.